The summed E-state index contributed by atoms with van der Waals surface area (Å²) in [6, 6.07) is 2.86. The molecule has 1 aliphatic rings. The van der Waals surface area contributed by atoms with E-state index in [1.165, 1.54) is 32.0 Å². The van der Waals surface area contributed by atoms with Gasteiger partial charge in [0.25, 0.3) is 0 Å². The van der Waals surface area contributed by atoms with Crippen LogP contribution < -0.4 is 10.1 Å². The molecule has 0 saturated carbocycles. The molecule has 0 bridgehead atoms. The molecule has 0 aliphatic carbocycles. The topological polar surface area (TPSA) is 146 Å². The summed E-state index contributed by atoms with van der Waals surface area (Å²) >= 11 is 0. The Hall–Kier alpha value is -2.20. The predicted molar refractivity (Wildman–Crippen MR) is 84.1 cm³/mol. The number of ether oxygens (including phenoxy) is 2. The Labute approximate surface area is 143 Å². The van der Waals surface area contributed by atoms with E-state index in [9.17, 15) is 30.0 Å². The van der Waals surface area contributed by atoms with Gasteiger partial charge in [-0.1, -0.05) is 0 Å². The number of phenolic OH excluding ortho intramolecular Hbond substituents is 1. The minimum Gasteiger partial charge on any atom is -0.507 e. The summed E-state index contributed by atoms with van der Waals surface area (Å²) in [5, 5.41) is 41.6. The third-order valence-electron chi connectivity index (χ3n) is 3.85. The van der Waals surface area contributed by atoms with Crippen LogP contribution in [0.5, 0.6) is 11.5 Å². The highest BCUT2D eigenvalue weighted by Crippen LogP contribution is 2.28. The summed E-state index contributed by atoms with van der Waals surface area (Å²) in [4.78, 5) is 22.7. The smallest absolute Gasteiger partial charge is 0.223 e. The summed E-state index contributed by atoms with van der Waals surface area (Å²) in [6.07, 6.45) is -5.21. The van der Waals surface area contributed by atoms with Crippen molar-refractivity contribution >= 4 is 11.7 Å². The van der Waals surface area contributed by atoms with Crippen molar-refractivity contribution in [1.82, 2.24) is 5.32 Å². The van der Waals surface area contributed by atoms with Crippen molar-refractivity contribution in [1.29, 1.82) is 0 Å². The van der Waals surface area contributed by atoms with E-state index in [4.69, 9.17) is 9.47 Å². The zero-order valence-corrected chi connectivity index (χ0v) is 13.7. The molecule has 1 amide bonds. The van der Waals surface area contributed by atoms with E-state index in [0.29, 0.717) is 0 Å². The molecule has 1 aliphatic heterocycles. The van der Waals surface area contributed by atoms with Crippen LogP contribution in [0.2, 0.25) is 0 Å². The van der Waals surface area contributed by atoms with Gasteiger partial charge in [0, 0.05) is 13.0 Å². The Morgan fingerprint density at radius 2 is 1.92 bits per heavy atom. The highest BCUT2D eigenvalue weighted by atomic mass is 16.7. The second-order valence-corrected chi connectivity index (χ2v) is 5.79. The van der Waals surface area contributed by atoms with E-state index < -0.39 is 43.2 Å². The number of phenols is 1. The van der Waals surface area contributed by atoms with Crippen molar-refractivity contribution in [3.05, 3.63) is 23.8 Å². The number of aliphatic hydroxyl groups is 3. The van der Waals surface area contributed by atoms with Crippen molar-refractivity contribution in [3.8, 4) is 11.5 Å². The molecular formula is C16H21NO8. The SMILES string of the molecule is CC(=O)N[C@@H]1[C@H](Oc2ccc(C(C)=O)c(O)c2)O[C@H](CO)[C@H](O)[C@@H]1O. The van der Waals surface area contributed by atoms with E-state index in [-0.39, 0.29) is 22.8 Å². The molecule has 1 saturated heterocycles. The van der Waals surface area contributed by atoms with Crippen LogP contribution in [-0.4, -0.2) is 69.4 Å². The first-order valence-corrected chi connectivity index (χ1v) is 7.64. The second kappa shape index (κ2) is 7.79. The zero-order valence-electron chi connectivity index (χ0n) is 13.7. The Kier molecular flexibility index (Phi) is 5.96. The molecule has 138 valence electrons. The number of carbonyl (C=O) groups excluding carboxylic acids is 2. The number of nitrogens with one attached hydrogen (secondary N) is 1. The molecule has 2 rings (SSSR count). The molecule has 1 aromatic carbocycles. The van der Waals surface area contributed by atoms with E-state index in [0.717, 1.165) is 0 Å². The fraction of sp³-hybridized carbons (Fsp3) is 0.500. The highest BCUT2D eigenvalue weighted by Gasteiger charge is 2.46. The van der Waals surface area contributed by atoms with Crippen LogP contribution in [0.1, 0.15) is 24.2 Å². The van der Waals surface area contributed by atoms with Crippen molar-refractivity contribution < 1.29 is 39.5 Å². The third-order valence-corrected chi connectivity index (χ3v) is 3.85. The van der Waals surface area contributed by atoms with Gasteiger partial charge < -0.3 is 35.2 Å². The van der Waals surface area contributed by atoms with Crippen LogP contribution in [0.25, 0.3) is 0 Å². The first-order chi connectivity index (χ1) is 11.7. The number of carbonyl (C=O) groups is 2. The number of ketones is 1. The summed E-state index contributed by atoms with van der Waals surface area (Å²) in [6.45, 7) is 1.96. The minimum absolute atomic E-state index is 0.110. The van der Waals surface area contributed by atoms with Gasteiger partial charge in [-0.3, -0.25) is 9.59 Å². The average Bonchev–Trinajstić information content (AvgIpc) is 2.53. The van der Waals surface area contributed by atoms with Crippen LogP contribution in [0.3, 0.4) is 0 Å². The molecule has 0 unspecified atom stereocenters. The highest BCUT2D eigenvalue weighted by molar-refractivity contribution is 5.96. The lowest BCUT2D eigenvalue weighted by Gasteiger charge is -2.42. The fourth-order valence-corrected chi connectivity index (χ4v) is 2.59. The van der Waals surface area contributed by atoms with Crippen molar-refractivity contribution in [2.75, 3.05) is 6.61 Å². The molecular weight excluding hydrogens is 334 g/mol. The maximum atomic E-state index is 11.3. The zero-order chi connectivity index (χ0) is 18.7. The molecule has 0 radical (unpaired) electrons. The van der Waals surface area contributed by atoms with Gasteiger partial charge in [-0.05, 0) is 19.1 Å². The Balaban J connectivity index is 2.25. The number of aromatic hydroxyl groups is 1. The van der Waals surface area contributed by atoms with Gasteiger partial charge in [0.05, 0.1) is 12.2 Å². The van der Waals surface area contributed by atoms with E-state index in [1.54, 1.807) is 0 Å². The van der Waals surface area contributed by atoms with E-state index in [2.05, 4.69) is 5.32 Å². The van der Waals surface area contributed by atoms with Crippen LogP contribution in [0.15, 0.2) is 18.2 Å². The Morgan fingerprint density at radius 1 is 1.24 bits per heavy atom. The van der Waals surface area contributed by atoms with Gasteiger partial charge in [0.1, 0.15) is 35.9 Å². The van der Waals surface area contributed by atoms with Crippen LogP contribution in [0.4, 0.5) is 0 Å². The summed E-state index contributed by atoms with van der Waals surface area (Å²) in [7, 11) is 0. The minimum atomic E-state index is -1.44. The number of Topliss-reactive ketones (excluding diaryl/α,β-unsaturated/α-hetero) is 1. The number of hydrogen-bond donors (Lipinski definition) is 5. The molecule has 25 heavy (non-hydrogen) atoms. The molecule has 9 heteroatoms. The quantitative estimate of drug-likeness (QED) is 0.419. The molecule has 1 heterocycles. The van der Waals surface area contributed by atoms with Gasteiger partial charge in [0.2, 0.25) is 12.2 Å². The van der Waals surface area contributed by atoms with Gasteiger partial charge >= 0.3 is 0 Å². The molecule has 1 aromatic rings. The first-order valence-electron chi connectivity index (χ1n) is 7.64. The first kappa shape index (κ1) is 19.1. The van der Waals surface area contributed by atoms with Gasteiger partial charge in [-0.15, -0.1) is 0 Å². The van der Waals surface area contributed by atoms with Gasteiger partial charge in [-0.2, -0.15) is 0 Å². The van der Waals surface area contributed by atoms with Crippen molar-refractivity contribution in [2.24, 2.45) is 0 Å². The largest absolute Gasteiger partial charge is 0.507 e. The normalized spacial score (nSPS) is 29.1. The molecule has 0 aromatic heterocycles. The molecule has 9 nitrogen and oxygen atoms in total. The lowest BCUT2D eigenvalue weighted by molar-refractivity contribution is -0.244. The van der Waals surface area contributed by atoms with E-state index >= 15 is 0 Å². The van der Waals surface area contributed by atoms with Gasteiger partial charge in [0.15, 0.2) is 5.78 Å². The predicted octanol–water partition coefficient (Wildman–Crippen LogP) is -1.08. The fourth-order valence-electron chi connectivity index (χ4n) is 2.59. The van der Waals surface area contributed by atoms with Gasteiger partial charge in [-0.25, -0.2) is 0 Å². The number of benzene rings is 1. The maximum absolute atomic E-state index is 11.3. The molecule has 1 fully saturated rings. The Morgan fingerprint density at radius 3 is 2.44 bits per heavy atom. The van der Waals surface area contributed by atoms with Crippen molar-refractivity contribution in [2.45, 2.75) is 44.5 Å². The summed E-state index contributed by atoms with van der Waals surface area (Å²) in [5.74, 6) is -0.988. The molecule has 5 atom stereocenters. The summed E-state index contributed by atoms with van der Waals surface area (Å²) in [5.41, 5.74) is 0.110. The van der Waals surface area contributed by atoms with Crippen LogP contribution in [0, 0.1) is 0 Å². The standard InChI is InChI=1S/C16H21NO8/c1-7(19)10-4-3-9(5-11(10)21)24-16-13(17-8(2)20)15(23)14(22)12(6-18)25-16/h3-5,12-16,18,21-23H,6H2,1-2H3,(H,17,20)/t12-,13+,14+,15-,16-/m1/s1. The second-order valence-electron chi connectivity index (χ2n) is 5.79. The van der Waals surface area contributed by atoms with Crippen molar-refractivity contribution in [3.63, 3.8) is 0 Å². The average molecular weight is 355 g/mol. The number of hydrogen-bond acceptors (Lipinski definition) is 8. The monoisotopic (exact) mass is 355 g/mol. The van der Waals surface area contributed by atoms with Crippen LogP contribution >= 0.6 is 0 Å². The lowest BCUT2D eigenvalue weighted by atomic mass is 9.97. The molecule has 0 spiro atoms. The number of rotatable bonds is 5. The lowest BCUT2D eigenvalue weighted by Crippen LogP contribution is -2.65. The Bertz CT molecular complexity index is 649. The maximum Gasteiger partial charge on any atom is 0.223 e. The third kappa shape index (κ3) is 4.26. The number of amides is 1. The molecule has 5 N–H and O–H groups in total. The summed E-state index contributed by atoms with van der Waals surface area (Å²) < 4.78 is 11.0. The van der Waals surface area contributed by atoms with E-state index in [1.807, 2.05) is 0 Å². The number of aliphatic hydroxyl groups excluding tert-OH is 3. The van der Waals surface area contributed by atoms with Crippen LogP contribution in [-0.2, 0) is 9.53 Å².